The predicted octanol–water partition coefficient (Wildman–Crippen LogP) is 2.07. The van der Waals surface area contributed by atoms with Gasteiger partial charge in [0.2, 0.25) is 5.91 Å². The highest BCUT2D eigenvalue weighted by atomic mass is 32.2. The Bertz CT molecular complexity index is 312. The van der Waals surface area contributed by atoms with E-state index >= 15 is 0 Å². The molecule has 1 aliphatic rings. The lowest BCUT2D eigenvalue weighted by molar-refractivity contribution is -0.153. The van der Waals surface area contributed by atoms with Crippen molar-refractivity contribution in [2.75, 3.05) is 19.4 Å². The topological polar surface area (TPSA) is 46.6 Å². The maximum absolute atomic E-state index is 12.2. The van der Waals surface area contributed by atoms with E-state index < -0.39 is 0 Å². The third-order valence-electron chi connectivity index (χ3n) is 2.93. The number of piperidine rings is 1. The minimum Gasteiger partial charge on any atom is -0.467 e. The summed E-state index contributed by atoms with van der Waals surface area (Å²) in [6.45, 7) is 6.92. The average Bonchev–Trinajstić information content (AvgIpc) is 2.34. The summed E-state index contributed by atoms with van der Waals surface area (Å²) in [5.74, 6) is 0.186. The van der Waals surface area contributed by atoms with E-state index in [2.05, 4.69) is 20.8 Å². The third-order valence-corrected chi connectivity index (χ3v) is 4.18. The van der Waals surface area contributed by atoms with Gasteiger partial charge in [-0.25, -0.2) is 4.79 Å². The van der Waals surface area contributed by atoms with Crippen LogP contribution in [-0.4, -0.2) is 47.0 Å². The minimum atomic E-state index is -0.378. The van der Waals surface area contributed by atoms with E-state index in [-0.39, 0.29) is 22.7 Å². The monoisotopic (exact) mass is 273 g/mol. The molecule has 0 saturated carbocycles. The number of nitrogens with zero attached hydrogens (tertiary/aromatic N) is 1. The number of rotatable bonds is 3. The van der Waals surface area contributed by atoms with Crippen LogP contribution in [0.5, 0.6) is 0 Å². The molecule has 0 aromatic carbocycles. The first kappa shape index (κ1) is 15.3. The molecule has 0 N–H and O–H groups in total. The van der Waals surface area contributed by atoms with Crippen LogP contribution in [0.4, 0.5) is 0 Å². The Morgan fingerprint density at radius 2 is 2.00 bits per heavy atom. The molecule has 0 radical (unpaired) electrons. The Hall–Kier alpha value is -0.710. The van der Waals surface area contributed by atoms with Crippen molar-refractivity contribution < 1.29 is 14.3 Å². The average molecular weight is 273 g/mol. The molecule has 0 aromatic heterocycles. The van der Waals surface area contributed by atoms with Crippen molar-refractivity contribution >= 4 is 23.6 Å². The smallest absolute Gasteiger partial charge is 0.328 e. The minimum absolute atomic E-state index is 0.0463. The Morgan fingerprint density at radius 1 is 1.33 bits per heavy atom. The number of likely N-dealkylation sites (tertiary alicyclic amines) is 1. The van der Waals surface area contributed by atoms with Crippen LogP contribution in [0.1, 0.15) is 40.0 Å². The molecule has 0 aromatic rings. The fourth-order valence-corrected chi connectivity index (χ4v) is 2.69. The zero-order valence-electron chi connectivity index (χ0n) is 11.7. The molecule has 1 amide bonds. The molecule has 4 nitrogen and oxygen atoms in total. The summed E-state index contributed by atoms with van der Waals surface area (Å²) in [5, 5.41) is 0. The summed E-state index contributed by atoms with van der Waals surface area (Å²) >= 11 is 1.61. The van der Waals surface area contributed by atoms with Gasteiger partial charge in [0.05, 0.1) is 12.9 Å². The second-order valence-corrected chi connectivity index (χ2v) is 7.33. The van der Waals surface area contributed by atoms with Gasteiger partial charge in [-0.3, -0.25) is 4.79 Å². The highest BCUT2D eigenvalue weighted by Crippen LogP contribution is 2.25. The first-order valence-corrected chi connectivity index (χ1v) is 7.35. The van der Waals surface area contributed by atoms with Gasteiger partial charge in [-0.1, -0.05) is 20.8 Å². The molecule has 5 heteroatoms. The van der Waals surface area contributed by atoms with Crippen LogP contribution in [0.25, 0.3) is 0 Å². The van der Waals surface area contributed by atoms with Crippen molar-refractivity contribution in [3.63, 3.8) is 0 Å². The highest BCUT2D eigenvalue weighted by molar-refractivity contribution is 8.01. The molecule has 0 spiro atoms. The number of thioether (sulfide) groups is 1. The van der Waals surface area contributed by atoms with E-state index in [0.717, 1.165) is 19.3 Å². The standard InChI is InChI=1S/C13H23NO3S/c1-13(2,3)18-9-11(15)14-8-6-5-7-10(14)12(16)17-4/h10H,5-9H2,1-4H3. The van der Waals surface area contributed by atoms with Crippen molar-refractivity contribution in [1.82, 2.24) is 4.90 Å². The zero-order valence-corrected chi connectivity index (χ0v) is 12.5. The van der Waals surface area contributed by atoms with Crippen LogP contribution in [-0.2, 0) is 14.3 Å². The van der Waals surface area contributed by atoms with E-state index in [9.17, 15) is 9.59 Å². The van der Waals surface area contributed by atoms with Gasteiger partial charge in [-0.2, -0.15) is 0 Å². The number of amides is 1. The van der Waals surface area contributed by atoms with E-state index in [0.29, 0.717) is 12.3 Å². The molecule has 104 valence electrons. The number of carbonyl (C=O) groups excluding carboxylic acids is 2. The molecule has 18 heavy (non-hydrogen) atoms. The Kier molecular flexibility index (Phi) is 5.50. The molecule has 0 aliphatic carbocycles. The summed E-state index contributed by atoms with van der Waals surface area (Å²) in [6.07, 6.45) is 2.67. The van der Waals surface area contributed by atoms with Crippen LogP contribution in [0, 0.1) is 0 Å². The SMILES string of the molecule is COC(=O)C1CCCCN1C(=O)CSC(C)(C)C. The van der Waals surface area contributed by atoms with E-state index in [1.807, 2.05) is 0 Å². The summed E-state index contributed by atoms with van der Waals surface area (Å²) in [7, 11) is 1.38. The lowest BCUT2D eigenvalue weighted by Gasteiger charge is -2.34. The summed E-state index contributed by atoms with van der Waals surface area (Å²) in [5.41, 5.74) is 0. The Balaban J connectivity index is 2.60. The summed E-state index contributed by atoms with van der Waals surface area (Å²) in [4.78, 5) is 25.5. The van der Waals surface area contributed by atoms with Crippen molar-refractivity contribution in [2.24, 2.45) is 0 Å². The van der Waals surface area contributed by atoms with Gasteiger partial charge >= 0.3 is 5.97 Å². The third kappa shape index (κ3) is 4.52. The number of hydrogen-bond donors (Lipinski definition) is 0. The van der Waals surface area contributed by atoms with Gasteiger partial charge in [-0.05, 0) is 19.3 Å². The molecule has 1 fully saturated rings. The largest absolute Gasteiger partial charge is 0.467 e. The molecule has 1 rings (SSSR count). The second kappa shape index (κ2) is 6.45. The van der Waals surface area contributed by atoms with Crippen LogP contribution in [0.2, 0.25) is 0 Å². The molecule has 1 heterocycles. The molecule has 1 saturated heterocycles. The number of methoxy groups -OCH3 is 1. The number of hydrogen-bond acceptors (Lipinski definition) is 4. The van der Waals surface area contributed by atoms with Crippen molar-refractivity contribution in [3.05, 3.63) is 0 Å². The van der Waals surface area contributed by atoms with Crippen molar-refractivity contribution in [2.45, 2.75) is 50.8 Å². The number of carbonyl (C=O) groups is 2. The van der Waals surface area contributed by atoms with Crippen LogP contribution >= 0.6 is 11.8 Å². The Morgan fingerprint density at radius 3 is 2.56 bits per heavy atom. The van der Waals surface area contributed by atoms with Gasteiger partial charge in [0, 0.05) is 11.3 Å². The fourth-order valence-electron chi connectivity index (χ4n) is 1.97. The van der Waals surface area contributed by atoms with Gasteiger partial charge in [0.1, 0.15) is 6.04 Å². The van der Waals surface area contributed by atoms with Crippen molar-refractivity contribution in [1.29, 1.82) is 0 Å². The quantitative estimate of drug-likeness (QED) is 0.739. The van der Waals surface area contributed by atoms with Gasteiger partial charge in [-0.15, -0.1) is 11.8 Å². The predicted molar refractivity (Wildman–Crippen MR) is 73.6 cm³/mol. The van der Waals surface area contributed by atoms with Crippen LogP contribution in [0.3, 0.4) is 0 Å². The highest BCUT2D eigenvalue weighted by Gasteiger charge is 2.33. The molecule has 0 bridgehead atoms. The molecule has 1 atom stereocenters. The van der Waals surface area contributed by atoms with Crippen molar-refractivity contribution in [3.8, 4) is 0 Å². The molecular formula is C13H23NO3S. The lowest BCUT2D eigenvalue weighted by atomic mass is 10.0. The first-order chi connectivity index (χ1) is 8.35. The van der Waals surface area contributed by atoms with Gasteiger partial charge in [0.25, 0.3) is 0 Å². The molecular weight excluding hydrogens is 250 g/mol. The molecule has 1 aliphatic heterocycles. The maximum Gasteiger partial charge on any atom is 0.328 e. The zero-order chi connectivity index (χ0) is 13.8. The normalized spacial score (nSPS) is 20.7. The second-order valence-electron chi connectivity index (χ2n) is 5.52. The van der Waals surface area contributed by atoms with Gasteiger partial charge < -0.3 is 9.64 Å². The first-order valence-electron chi connectivity index (χ1n) is 6.36. The lowest BCUT2D eigenvalue weighted by Crippen LogP contribution is -2.49. The fraction of sp³-hybridized carbons (Fsp3) is 0.846. The van der Waals surface area contributed by atoms with Gasteiger partial charge in [0.15, 0.2) is 0 Å². The summed E-state index contributed by atoms with van der Waals surface area (Å²) in [6, 6.07) is -0.378. The summed E-state index contributed by atoms with van der Waals surface area (Å²) < 4.78 is 4.84. The van der Waals surface area contributed by atoms with E-state index in [1.54, 1.807) is 16.7 Å². The Labute approximate surface area is 113 Å². The maximum atomic E-state index is 12.2. The molecule has 1 unspecified atom stereocenters. The number of esters is 1. The van der Waals surface area contributed by atoms with Crippen LogP contribution in [0.15, 0.2) is 0 Å². The van der Waals surface area contributed by atoms with E-state index in [1.165, 1.54) is 7.11 Å². The van der Waals surface area contributed by atoms with E-state index in [4.69, 9.17) is 4.74 Å². The van der Waals surface area contributed by atoms with Crippen LogP contribution < -0.4 is 0 Å². The number of ether oxygens (including phenoxy) is 1.